The molecular weight excluding hydrogens is 516 g/mol. The van der Waals surface area contributed by atoms with Crippen LogP contribution in [0.1, 0.15) is 35.7 Å². The number of alkyl halides is 6. The minimum atomic E-state index is -5.08. The molecule has 0 spiro atoms. The summed E-state index contributed by atoms with van der Waals surface area (Å²) in [5.74, 6) is -4.37. The lowest BCUT2D eigenvalue weighted by atomic mass is 9.98. The first-order chi connectivity index (χ1) is 17.2. The number of hydrogen-bond donors (Lipinski definition) is 2. The number of carbonyl (C=O) groups is 2. The third kappa shape index (κ3) is 10.3. The van der Waals surface area contributed by atoms with Gasteiger partial charge in [0.25, 0.3) is 0 Å². The van der Waals surface area contributed by atoms with Crippen molar-refractivity contribution in [3.05, 3.63) is 41.5 Å². The molecule has 0 radical (unpaired) electrons. The molecule has 1 atom stereocenters. The van der Waals surface area contributed by atoms with E-state index in [4.69, 9.17) is 24.5 Å². The molecule has 3 heterocycles. The van der Waals surface area contributed by atoms with Crippen molar-refractivity contribution in [1.29, 1.82) is 0 Å². The van der Waals surface area contributed by atoms with E-state index in [1.165, 1.54) is 24.1 Å². The molecule has 2 aromatic heterocycles. The SMILES string of the molecule is Cn1nnc2c1C(COCC1CC1)CN(Cc1cccnc1)C2.O=C(O)C(F)(F)F.O=C(O)C(F)(F)F. The average molecular weight is 541 g/mol. The Bertz CT molecular complexity index is 1000. The highest BCUT2D eigenvalue weighted by atomic mass is 19.4. The van der Waals surface area contributed by atoms with Gasteiger partial charge in [0.2, 0.25) is 0 Å². The van der Waals surface area contributed by atoms with Gasteiger partial charge in [-0.2, -0.15) is 26.3 Å². The number of aliphatic carboxylic acids is 2. The molecule has 0 aromatic carbocycles. The maximum Gasteiger partial charge on any atom is 0.490 e. The van der Waals surface area contributed by atoms with Crippen LogP contribution in [0.4, 0.5) is 26.3 Å². The molecule has 16 heteroatoms. The van der Waals surface area contributed by atoms with Crippen molar-refractivity contribution < 1.29 is 50.9 Å². The summed E-state index contributed by atoms with van der Waals surface area (Å²) < 4.78 is 71.4. The fraction of sp³-hybridized carbons (Fsp3) is 0.571. The number of aromatic nitrogens is 4. The molecular formula is C21H25F6N5O5. The number of pyridine rings is 1. The van der Waals surface area contributed by atoms with Crippen molar-refractivity contribution >= 4 is 11.9 Å². The quantitative estimate of drug-likeness (QED) is 0.530. The minimum absolute atomic E-state index is 0.342. The van der Waals surface area contributed by atoms with Crippen LogP contribution in [0, 0.1) is 5.92 Å². The van der Waals surface area contributed by atoms with E-state index in [0.717, 1.165) is 44.5 Å². The highest BCUT2D eigenvalue weighted by molar-refractivity contribution is 5.73. The second-order valence-corrected chi connectivity index (χ2v) is 8.36. The van der Waals surface area contributed by atoms with E-state index in [0.29, 0.717) is 5.92 Å². The Morgan fingerprint density at radius 2 is 1.68 bits per heavy atom. The first-order valence-corrected chi connectivity index (χ1v) is 10.9. The lowest BCUT2D eigenvalue weighted by Gasteiger charge is -2.32. The van der Waals surface area contributed by atoms with E-state index in [9.17, 15) is 26.3 Å². The van der Waals surface area contributed by atoms with Gasteiger partial charge in [0.15, 0.2) is 0 Å². The fourth-order valence-electron chi connectivity index (χ4n) is 3.36. The molecule has 0 amide bonds. The van der Waals surface area contributed by atoms with Crippen LogP contribution in [0.2, 0.25) is 0 Å². The van der Waals surface area contributed by atoms with Gasteiger partial charge in [-0.15, -0.1) is 5.10 Å². The predicted molar refractivity (Wildman–Crippen MR) is 113 cm³/mol. The molecule has 1 aliphatic heterocycles. The van der Waals surface area contributed by atoms with Crippen LogP contribution in [0.5, 0.6) is 0 Å². The molecule has 1 aliphatic carbocycles. The van der Waals surface area contributed by atoms with Gasteiger partial charge < -0.3 is 14.9 Å². The van der Waals surface area contributed by atoms with E-state index in [2.05, 4.69) is 26.3 Å². The van der Waals surface area contributed by atoms with Gasteiger partial charge in [0.1, 0.15) is 5.69 Å². The monoisotopic (exact) mass is 541 g/mol. The van der Waals surface area contributed by atoms with E-state index in [1.807, 2.05) is 30.2 Å². The minimum Gasteiger partial charge on any atom is -0.475 e. The van der Waals surface area contributed by atoms with Crippen LogP contribution in [-0.2, 0) is 34.5 Å². The average Bonchev–Trinajstić information content (AvgIpc) is 3.55. The molecule has 2 aromatic rings. The van der Waals surface area contributed by atoms with Crippen LogP contribution >= 0.6 is 0 Å². The number of carboxylic acids is 2. The third-order valence-electron chi connectivity index (χ3n) is 5.17. The highest BCUT2D eigenvalue weighted by Crippen LogP contribution is 2.31. The summed E-state index contributed by atoms with van der Waals surface area (Å²) in [5, 5.41) is 22.8. The Morgan fingerprint density at radius 3 is 2.16 bits per heavy atom. The maximum absolute atomic E-state index is 10.6. The lowest BCUT2D eigenvalue weighted by Crippen LogP contribution is -2.36. The van der Waals surface area contributed by atoms with Gasteiger partial charge in [-0.25, -0.2) is 9.59 Å². The van der Waals surface area contributed by atoms with Gasteiger partial charge in [-0.05, 0) is 30.4 Å². The summed E-state index contributed by atoms with van der Waals surface area (Å²) >= 11 is 0. The van der Waals surface area contributed by atoms with Gasteiger partial charge >= 0.3 is 24.3 Å². The van der Waals surface area contributed by atoms with Gasteiger partial charge in [0.05, 0.1) is 12.3 Å². The molecule has 4 rings (SSSR count). The van der Waals surface area contributed by atoms with Gasteiger partial charge in [-0.1, -0.05) is 11.3 Å². The summed E-state index contributed by atoms with van der Waals surface area (Å²) in [4.78, 5) is 24.4. The molecule has 10 nitrogen and oxygen atoms in total. The molecule has 2 aliphatic rings. The Labute approximate surface area is 206 Å². The Kier molecular flexibility index (Phi) is 10.4. The van der Waals surface area contributed by atoms with Crippen LogP contribution in [0.3, 0.4) is 0 Å². The maximum atomic E-state index is 10.6. The summed E-state index contributed by atoms with van der Waals surface area (Å²) in [6, 6.07) is 4.11. The van der Waals surface area contributed by atoms with Crippen LogP contribution in [0.25, 0.3) is 0 Å². The molecule has 206 valence electrons. The molecule has 2 N–H and O–H groups in total. The first-order valence-electron chi connectivity index (χ1n) is 10.9. The molecule has 1 fully saturated rings. The van der Waals surface area contributed by atoms with Crippen LogP contribution < -0.4 is 0 Å². The predicted octanol–water partition coefficient (Wildman–Crippen LogP) is 3.00. The number of halogens is 6. The van der Waals surface area contributed by atoms with Crippen molar-refractivity contribution in [2.45, 2.75) is 44.2 Å². The summed E-state index contributed by atoms with van der Waals surface area (Å²) in [5.41, 5.74) is 3.56. The largest absolute Gasteiger partial charge is 0.490 e. The van der Waals surface area contributed by atoms with E-state index in [-0.39, 0.29) is 0 Å². The van der Waals surface area contributed by atoms with Crippen molar-refractivity contribution in [2.24, 2.45) is 13.0 Å². The fourth-order valence-corrected chi connectivity index (χ4v) is 3.36. The summed E-state index contributed by atoms with van der Waals surface area (Å²) in [7, 11) is 1.98. The zero-order valence-electron chi connectivity index (χ0n) is 19.5. The zero-order chi connectivity index (χ0) is 27.8. The summed E-state index contributed by atoms with van der Waals surface area (Å²) in [6.45, 7) is 4.38. The standard InChI is InChI=1S/C17H23N5O.2C2HF3O2/c1-21-17-15(12-23-11-13-4-5-13)9-22(10-16(17)19-20-21)8-14-3-2-6-18-7-14;2*3-2(4,5)1(6)7/h2-3,6-7,13,15H,4-5,8-12H2,1H3;2*(H,6,7). The molecule has 37 heavy (non-hydrogen) atoms. The van der Waals surface area contributed by atoms with Gasteiger partial charge in [-0.3, -0.25) is 14.6 Å². The van der Waals surface area contributed by atoms with E-state index in [1.54, 1.807) is 0 Å². The van der Waals surface area contributed by atoms with E-state index < -0.39 is 24.3 Å². The zero-order valence-corrected chi connectivity index (χ0v) is 19.5. The summed E-state index contributed by atoms with van der Waals surface area (Å²) in [6.07, 6.45) is -3.76. The second-order valence-electron chi connectivity index (χ2n) is 8.36. The molecule has 0 bridgehead atoms. The van der Waals surface area contributed by atoms with Crippen molar-refractivity contribution in [1.82, 2.24) is 24.9 Å². The van der Waals surface area contributed by atoms with Crippen LogP contribution in [-0.4, -0.2) is 79.1 Å². The van der Waals surface area contributed by atoms with Crippen molar-refractivity contribution in [3.63, 3.8) is 0 Å². The van der Waals surface area contributed by atoms with Crippen molar-refractivity contribution in [2.75, 3.05) is 19.8 Å². The molecule has 1 unspecified atom stereocenters. The van der Waals surface area contributed by atoms with Gasteiger partial charge in [0, 0.05) is 51.6 Å². The number of nitrogens with zero attached hydrogens (tertiary/aromatic N) is 5. The Morgan fingerprint density at radius 1 is 1.08 bits per heavy atom. The van der Waals surface area contributed by atoms with E-state index >= 15 is 0 Å². The number of fused-ring (bicyclic) bond motifs is 1. The lowest BCUT2D eigenvalue weighted by molar-refractivity contribution is -0.193. The topological polar surface area (TPSA) is 131 Å². The van der Waals surface area contributed by atoms with Crippen LogP contribution in [0.15, 0.2) is 24.5 Å². The smallest absolute Gasteiger partial charge is 0.475 e. The number of ether oxygens (including phenoxy) is 1. The second kappa shape index (κ2) is 12.8. The van der Waals surface area contributed by atoms with Crippen molar-refractivity contribution in [3.8, 4) is 0 Å². The highest BCUT2D eigenvalue weighted by Gasteiger charge is 2.39. The number of carboxylic acid groups (broad SMARTS) is 2. The normalized spacial score (nSPS) is 17.5. The number of hydrogen-bond acceptors (Lipinski definition) is 7. The molecule has 1 saturated carbocycles. The third-order valence-corrected chi connectivity index (χ3v) is 5.17. The first kappa shape index (κ1) is 30.0. The number of aryl methyl sites for hydroxylation is 1. The molecule has 0 saturated heterocycles. The number of rotatable bonds is 6. The Hall–Kier alpha value is -3.27. The Balaban J connectivity index is 0.000000286.